The zero-order chi connectivity index (χ0) is 18.2. The lowest BCUT2D eigenvalue weighted by Gasteiger charge is -2.33. The Labute approximate surface area is 146 Å². The summed E-state index contributed by atoms with van der Waals surface area (Å²) in [4.78, 5) is 4.49. The Hall–Kier alpha value is -2.65. The number of allylic oxidation sites excluding steroid dienone is 2. The molecule has 0 amide bonds. The molecule has 1 aromatic heterocycles. The number of nitrogens with zero attached hydrogens (tertiary/aromatic N) is 4. The molecule has 1 aromatic carbocycles. The lowest BCUT2D eigenvalue weighted by molar-refractivity contribution is -0.763. The second-order valence-electron chi connectivity index (χ2n) is 5.65. The molecule has 25 heavy (non-hydrogen) atoms. The Kier molecular flexibility index (Phi) is 4.36. The van der Waals surface area contributed by atoms with Crippen molar-refractivity contribution in [3.05, 3.63) is 52.7 Å². The Bertz CT molecular complexity index is 958. The van der Waals surface area contributed by atoms with Gasteiger partial charge in [0.25, 0.3) is 0 Å². The maximum atomic E-state index is 11.7. The standard InChI is InChI=1S/C16H19N5O3S/c1-11-17-16(12-5-7-13(24-3)8-6-12)21(18-11)15-10-9-14(19-20(15)2)25(4,22)23/h5-10,20H,1-4H3. The minimum Gasteiger partial charge on any atom is -0.497 e. The molecule has 2 aromatic rings. The summed E-state index contributed by atoms with van der Waals surface area (Å²) in [5.74, 6) is 2.69. The molecule has 0 spiro atoms. The smallest absolute Gasteiger partial charge is 0.223 e. The molecule has 0 fully saturated rings. The van der Waals surface area contributed by atoms with Crippen molar-refractivity contribution in [2.45, 2.75) is 6.92 Å². The number of hydrogen-bond donors (Lipinski definition) is 1. The van der Waals surface area contributed by atoms with Crippen LogP contribution >= 0.6 is 0 Å². The van der Waals surface area contributed by atoms with Crippen LogP contribution in [0.1, 0.15) is 5.82 Å². The van der Waals surface area contributed by atoms with E-state index in [2.05, 4.69) is 15.5 Å². The summed E-state index contributed by atoms with van der Waals surface area (Å²) in [5.41, 5.74) is 5.06. The predicted octanol–water partition coefficient (Wildman–Crippen LogP) is 0.764. The summed E-state index contributed by atoms with van der Waals surface area (Å²) in [6.07, 6.45) is 4.31. The highest BCUT2D eigenvalue weighted by Gasteiger charge is 2.20. The molecule has 0 bridgehead atoms. The second-order valence-corrected chi connectivity index (χ2v) is 7.61. The van der Waals surface area contributed by atoms with Crippen LogP contribution in [0.5, 0.6) is 5.75 Å². The zero-order valence-electron chi connectivity index (χ0n) is 14.4. The first-order chi connectivity index (χ1) is 11.8. The number of benzene rings is 1. The van der Waals surface area contributed by atoms with Gasteiger partial charge in [0.2, 0.25) is 5.82 Å². The summed E-state index contributed by atoms with van der Waals surface area (Å²) in [6, 6.07) is 7.49. The number of nitrogens with one attached hydrogen (secondary N) is 1. The molecule has 1 atom stereocenters. The van der Waals surface area contributed by atoms with Gasteiger partial charge in [-0.05, 0) is 36.2 Å². The molecule has 132 valence electrons. The third-order valence-corrected chi connectivity index (χ3v) is 4.69. The van der Waals surface area contributed by atoms with E-state index in [-0.39, 0.29) is 5.03 Å². The fourth-order valence-corrected chi connectivity index (χ4v) is 3.09. The number of ether oxygens (including phenoxy) is 1. The molecular formula is C16H19N5O3S. The van der Waals surface area contributed by atoms with E-state index in [4.69, 9.17) is 4.74 Å². The lowest BCUT2D eigenvalue weighted by atomic mass is 10.2. The van der Waals surface area contributed by atoms with Crippen LogP contribution in [-0.4, -0.2) is 43.6 Å². The van der Waals surface area contributed by atoms with Crippen molar-refractivity contribution >= 4 is 15.7 Å². The summed E-state index contributed by atoms with van der Waals surface area (Å²) >= 11 is 0. The van der Waals surface area contributed by atoms with E-state index in [9.17, 15) is 8.42 Å². The maximum absolute atomic E-state index is 11.7. The number of methoxy groups -OCH3 is 1. The van der Waals surface area contributed by atoms with Crippen LogP contribution in [0.2, 0.25) is 0 Å². The Morgan fingerprint density at radius 1 is 1.20 bits per heavy atom. The zero-order valence-corrected chi connectivity index (χ0v) is 15.2. The molecule has 1 unspecified atom stereocenters. The molecule has 1 aliphatic rings. The van der Waals surface area contributed by atoms with Gasteiger partial charge in [-0.25, -0.2) is 13.4 Å². The van der Waals surface area contributed by atoms with Crippen molar-refractivity contribution < 1.29 is 18.2 Å². The fraction of sp³-hybridized carbons (Fsp3) is 0.250. The Morgan fingerprint density at radius 2 is 1.88 bits per heavy atom. The van der Waals surface area contributed by atoms with Crippen molar-refractivity contribution in [3.63, 3.8) is 0 Å². The third kappa shape index (κ3) is 3.42. The van der Waals surface area contributed by atoms with Gasteiger partial charge in [-0.3, -0.25) is 0 Å². The number of quaternary nitrogens is 1. The van der Waals surface area contributed by atoms with Crippen LogP contribution in [0.4, 0.5) is 0 Å². The average molecular weight is 361 g/mol. The van der Waals surface area contributed by atoms with Crippen molar-refractivity contribution in [3.8, 4) is 17.1 Å². The normalized spacial score (nSPS) is 17.5. The SMILES string of the molecule is COc1ccc(-c2nc(C)nn2C2=CC=C(S(C)(=O)=O)[N-][NH+]2C)cc1. The van der Waals surface area contributed by atoms with Crippen LogP contribution < -0.4 is 9.75 Å². The van der Waals surface area contributed by atoms with Gasteiger partial charge in [0.1, 0.15) is 11.6 Å². The van der Waals surface area contributed by atoms with Crippen LogP contribution in [0.3, 0.4) is 0 Å². The summed E-state index contributed by atoms with van der Waals surface area (Å²) < 4.78 is 30.2. The summed E-state index contributed by atoms with van der Waals surface area (Å²) in [6.45, 7) is 1.80. The minimum atomic E-state index is -3.36. The van der Waals surface area contributed by atoms with Gasteiger partial charge >= 0.3 is 0 Å². The fourth-order valence-electron chi connectivity index (χ4n) is 2.47. The van der Waals surface area contributed by atoms with E-state index in [0.717, 1.165) is 17.6 Å². The first-order valence-corrected chi connectivity index (χ1v) is 9.45. The molecule has 1 aliphatic heterocycles. The third-order valence-electron chi connectivity index (χ3n) is 3.70. The monoisotopic (exact) mass is 361 g/mol. The van der Waals surface area contributed by atoms with Gasteiger partial charge in [0.15, 0.2) is 15.7 Å². The van der Waals surface area contributed by atoms with Crippen molar-refractivity contribution in [2.24, 2.45) is 0 Å². The van der Waals surface area contributed by atoms with Crippen LogP contribution in [0.25, 0.3) is 22.6 Å². The second kappa shape index (κ2) is 6.34. The van der Waals surface area contributed by atoms with E-state index < -0.39 is 9.84 Å². The van der Waals surface area contributed by atoms with Crippen LogP contribution in [0, 0.1) is 6.92 Å². The number of rotatable bonds is 4. The maximum Gasteiger partial charge on any atom is 0.223 e. The highest BCUT2D eigenvalue weighted by Crippen LogP contribution is 2.23. The Balaban J connectivity index is 2.06. The molecule has 3 rings (SSSR count). The highest BCUT2D eigenvalue weighted by molar-refractivity contribution is 7.94. The molecule has 1 N–H and O–H groups in total. The number of aromatic nitrogens is 3. The first-order valence-electron chi connectivity index (χ1n) is 7.56. The molecule has 0 aliphatic carbocycles. The Morgan fingerprint density at radius 3 is 2.44 bits per heavy atom. The van der Waals surface area contributed by atoms with Crippen LogP contribution in [0.15, 0.2) is 41.4 Å². The quantitative estimate of drug-likeness (QED) is 0.868. The average Bonchev–Trinajstić information content (AvgIpc) is 2.95. The lowest BCUT2D eigenvalue weighted by Crippen LogP contribution is -3.03. The van der Waals surface area contributed by atoms with E-state index in [1.165, 1.54) is 6.08 Å². The van der Waals surface area contributed by atoms with E-state index >= 15 is 0 Å². The van der Waals surface area contributed by atoms with Crippen molar-refractivity contribution in [2.75, 3.05) is 20.4 Å². The van der Waals surface area contributed by atoms with Gasteiger partial charge in [0.05, 0.1) is 14.2 Å². The summed E-state index contributed by atoms with van der Waals surface area (Å²) in [7, 11) is 0.000624. The largest absolute Gasteiger partial charge is 0.497 e. The van der Waals surface area contributed by atoms with Gasteiger partial charge in [0, 0.05) is 17.9 Å². The van der Waals surface area contributed by atoms with Crippen LogP contribution in [-0.2, 0) is 9.84 Å². The molecule has 0 saturated heterocycles. The first kappa shape index (κ1) is 17.2. The van der Waals surface area contributed by atoms with Gasteiger partial charge < -0.3 is 15.2 Å². The van der Waals surface area contributed by atoms with Gasteiger partial charge in [-0.1, -0.05) is 6.08 Å². The topological polar surface area (TPSA) is 92.6 Å². The summed E-state index contributed by atoms with van der Waals surface area (Å²) in [5, 5.41) is 5.03. The number of hydrogen-bond acceptors (Lipinski definition) is 5. The molecular weight excluding hydrogens is 342 g/mol. The van der Waals surface area contributed by atoms with E-state index in [0.29, 0.717) is 22.5 Å². The minimum absolute atomic E-state index is 0.0385. The van der Waals surface area contributed by atoms with Gasteiger partial charge in [-0.2, -0.15) is 4.68 Å². The van der Waals surface area contributed by atoms with E-state index in [1.54, 1.807) is 31.8 Å². The molecule has 0 radical (unpaired) electrons. The molecule has 9 heteroatoms. The molecule has 0 saturated carbocycles. The predicted molar refractivity (Wildman–Crippen MR) is 94.2 cm³/mol. The van der Waals surface area contributed by atoms with Crippen molar-refractivity contribution in [1.29, 1.82) is 0 Å². The number of aryl methyl sites for hydroxylation is 1. The molecule has 2 heterocycles. The number of sulfone groups is 1. The van der Waals surface area contributed by atoms with Gasteiger partial charge in [-0.15, -0.1) is 5.10 Å². The molecule has 8 nitrogen and oxygen atoms in total. The highest BCUT2D eigenvalue weighted by atomic mass is 32.2. The van der Waals surface area contributed by atoms with E-state index in [1.807, 2.05) is 24.3 Å². The van der Waals surface area contributed by atoms with Crippen molar-refractivity contribution in [1.82, 2.24) is 14.8 Å².